The summed E-state index contributed by atoms with van der Waals surface area (Å²) < 4.78 is 0. The number of hydrogen-bond acceptors (Lipinski definition) is 4. The molecule has 21 heavy (non-hydrogen) atoms. The summed E-state index contributed by atoms with van der Waals surface area (Å²) in [6.07, 6.45) is 3.88. The minimum absolute atomic E-state index is 0.125. The van der Waals surface area contributed by atoms with E-state index >= 15 is 0 Å². The molecule has 114 valence electrons. The van der Waals surface area contributed by atoms with Gasteiger partial charge in [0.2, 0.25) is 0 Å². The van der Waals surface area contributed by atoms with Gasteiger partial charge in [0.15, 0.2) is 0 Å². The van der Waals surface area contributed by atoms with Gasteiger partial charge in [0.05, 0.1) is 16.9 Å². The van der Waals surface area contributed by atoms with Crippen LogP contribution in [-0.4, -0.2) is 47.9 Å². The van der Waals surface area contributed by atoms with Gasteiger partial charge < -0.3 is 10.6 Å². The van der Waals surface area contributed by atoms with E-state index in [4.69, 9.17) is 11.1 Å². The van der Waals surface area contributed by atoms with Crippen molar-refractivity contribution < 1.29 is 0 Å². The van der Waals surface area contributed by atoms with Gasteiger partial charge >= 0.3 is 0 Å². The van der Waals surface area contributed by atoms with Crippen LogP contribution in [-0.2, 0) is 0 Å². The van der Waals surface area contributed by atoms with Gasteiger partial charge in [-0.15, -0.1) is 0 Å². The third kappa shape index (κ3) is 2.75. The first-order valence-electron chi connectivity index (χ1n) is 7.88. The van der Waals surface area contributed by atoms with E-state index in [1.807, 2.05) is 13.8 Å². The number of aryl methyl sites for hydroxylation is 2. The van der Waals surface area contributed by atoms with Crippen LogP contribution in [0.15, 0.2) is 6.07 Å². The molecule has 1 unspecified atom stereocenters. The van der Waals surface area contributed by atoms with E-state index in [0.29, 0.717) is 6.04 Å². The number of likely N-dealkylation sites (tertiary alicyclic amines) is 1. The molecule has 2 aliphatic rings. The third-order valence-electron chi connectivity index (χ3n) is 4.74. The Hall–Kier alpha value is -1.62. The Morgan fingerprint density at radius 1 is 1.29 bits per heavy atom. The van der Waals surface area contributed by atoms with Gasteiger partial charge in [-0.3, -0.25) is 15.3 Å². The molecule has 1 aromatic heterocycles. The number of pyridine rings is 1. The number of anilines is 1. The minimum atomic E-state index is 0.125. The summed E-state index contributed by atoms with van der Waals surface area (Å²) in [7, 11) is 0. The molecule has 0 saturated carbocycles. The maximum Gasteiger partial charge on any atom is 0.126 e. The molecule has 0 bridgehead atoms. The lowest BCUT2D eigenvalue weighted by molar-refractivity contribution is 0.260. The van der Waals surface area contributed by atoms with Crippen molar-refractivity contribution in [2.24, 2.45) is 5.73 Å². The number of amidine groups is 1. The molecule has 2 fully saturated rings. The molecule has 0 aromatic carbocycles. The van der Waals surface area contributed by atoms with Crippen molar-refractivity contribution >= 4 is 11.5 Å². The Kier molecular flexibility index (Phi) is 3.85. The molecule has 5 heteroatoms. The van der Waals surface area contributed by atoms with Crippen molar-refractivity contribution in [2.75, 3.05) is 31.1 Å². The van der Waals surface area contributed by atoms with Gasteiger partial charge in [-0.25, -0.2) is 0 Å². The number of rotatable bonds is 3. The first kappa shape index (κ1) is 14.3. The fourth-order valence-corrected chi connectivity index (χ4v) is 3.76. The Morgan fingerprint density at radius 3 is 2.67 bits per heavy atom. The summed E-state index contributed by atoms with van der Waals surface area (Å²) in [5, 5.41) is 7.87. The topological polar surface area (TPSA) is 69.2 Å². The van der Waals surface area contributed by atoms with Crippen molar-refractivity contribution in [3.63, 3.8) is 0 Å². The van der Waals surface area contributed by atoms with Gasteiger partial charge in [-0.1, -0.05) is 0 Å². The quantitative estimate of drug-likeness (QED) is 0.655. The lowest BCUT2D eigenvalue weighted by Crippen LogP contribution is -2.35. The van der Waals surface area contributed by atoms with E-state index in [0.717, 1.165) is 35.7 Å². The lowest BCUT2D eigenvalue weighted by atomic mass is 10.1. The standard InChI is InChI=1S/C16H25N5/c1-11-9-14(15(16(17)18)12(2)19-11)21-8-5-13(10-21)20-6-3-4-7-20/h9,13H,3-8,10H2,1-2H3,(H3,17,18). The first-order valence-corrected chi connectivity index (χ1v) is 7.88. The van der Waals surface area contributed by atoms with Gasteiger partial charge in [0, 0.05) is 24.8 Å². The molecule has 1 aromatic rings. The number of nitrogens with one attached hydrogen (secondary N) is 1. The van der Waals surface area contributed by atoms with Crippen molar-refractivity contribution in [3.8, 4) is 0 Å². The van der Waals surface area contributed by atoms with E-state index < -0.39 is 0 Å². The monoisotopic (exact) mass is 287 g/mol. The van der Waals surface area contributed by atoms with E-state index in [9.17, 15) is 0 Å². The van der Waals surface area contributed by atoms with E-state index in [2.05, 4.69) is 20.9 Å². The van der Waals surface area contributed by atoms with Crippen molar-refractivity contribution in [1.82, 2.24) is 9.88 Å². The van der Waals surface area contributed by atoms with Crippen LogP contribution in [0.4, 0.5) is 5.69 Å². The average Bonchev–Trinajstić information content (AvgIpc) is 3.08. The van der Waals surface area contributed by atoms with Crippen LogP contribution in [0.2, 0.25) is 0 Å². The summed E-state index contributed by atoms with van der Waals surface area (Å²) in [4.78, 5) is 9.48. The van der Waals surface area contributed by atoms with Crippen LogP contribution in [0, 0.1) is 19.3 Å². The Labute approximate surface area is 126 Å². The van der Waals surface area contributed by atoms with Gasteiger partial charge in [0.25, 0.3) is 0 Å². The second-order valence-corrected chi connectivity index (χ2v) is 6.29. The molecule has 0 spiro atoms. The predicted molar refractivity (Wildman–Crippen MR) is 86.2 cm³/mol. The van der Waals surface area contributed by atoms with E-state index in [1.54, 1.807) is 0 Å². The molecule has 0 amide bonds. The summed E-state index contributed by atoms with van der Waals surface area (Å²) >= 11 is 0. The van der Waals surface area contributed by atoms with Crippen LogP contribution in [0.5, 0.6) is 0 Å². The summed E-state index contributed by atoms with van der Waals surface area (Å²) in [5.41, 5.74) is 9.56. The molecule has 1 atom stereocenters. The zero-order valence-corrected chi connectivity index (χ0v) is 13.0. The number of aromatic nitrogens is 1. The van der Waals surface area contributed by atoms with Gasteiger partial charge in [0.1, 0.15) is 5.84 Å². The number of hydrogen-bond donors (Lipinski definition) is 2. The normalized spacial score (nSPS) is 23.0. The molecular formula is C16H25N5. The highest BCUT2D eigenvalue weighted by atomic mass is 15.3. The number of nitrogens with two attached hydrogens (primary N) is 1. The Balaban J connectivity index is 1.85. The second kappa shape index (κ2) is 5.64. The zero-order valence-electron chi connectivity index (χ0n) is 13.0. The van der Waals surface area contributed by atoms with Crippen LogP contribution in [0.3, 0.4) is 0 Å². The molecule has 2 aliphatic heterocycles. The molecular weight excluding hydrogens is 262 g/mol. The Morgan fingerprint density at radius 2 is 2.00 bits per heavy atom. The van der Waals surface area contributed by atoms with E-state index in [-0.39, 0.29) is 5.84 Å². The predicted octanol–water partition coefficient (Wildman–Crippen LogP) is 1.66. The largest absolute Gasteiger partial charge is 0.384 e. The summed E-state index contributed by atoms with van der Waals surface area (Å²) in [6.45, 7) is 8.53. The molecule has 3 N–H and O–H groups in total. The highest BCUT2D eigenvalue weighted by Crippen LogP contribution is 2.29. The molecule has 3 rings (SSSR count). The molecule has 2 saturated heterocycles. The van der Waals surface area contributed by atoms with Crippen molar-refractivity contribution in [3.05, 3.63) is 23.0 Å². The van der Waals surface area contributed by atoms with Crippen LogP contribution in [0.25, 0.3) is 0 Å². The fourth-order valence-electron chi connectivity index (χ4n) is 3.76. The maximum atomic E-state index is 7.87. The number of nitrogen functional groups attached to an aromatic ring is 1. The van der Waals surface area contributed by atoms with Crippen LogP contribution >= 0.6 is 0 Å². The lowest BCUT2D eigenvalue weighted by Gasteiger charge is -2.26. The average molecular weight is 287 g/mol. The third-order valence-corrected chi connectivity index (χ3v) is 4.74. The van der Waals surface area contributed by atoms with Gasteiger partial charge in [-0.2, -0.15) is 0 Å². The highest BCUT2D eigenvalue weighted by Gasteiger charge is 2.31. The molecule has 0 radical (unpaired) electrons. The smallest absolute Gasteiger partial charge is 0.126 e. The first-order chi connectivity index (χ1) is 10.1. The number of nitrogens with zero attached hydrogens (tertiary/aromatic N) is 3. The minimum Gasteiger partial charge on any atom is -0.384 e. The van der Waals surface area contributed by atoms with E-state index in [1.165, 1.54) is 32.4 Å². The maximum absolute atomic E-state index is 7.87. The van der Waals surface area contributed by atoms with Crippen molar-refractivity contribution in [2.45, 2.75) is 39.2 Å². The van der Waals surface area contributed by atoms with Gasteiger partial charge in [-0.05, 0) is 52.3 Å². The molecule has 3 heterocycles. The highest BCUT2D eigenvalue weighted by molar-refractivity contribution is 6.01. The SMILES string of the molecule is Cc1cc(N2CCC(N3CCCC3)C2)c(C(=N)N)c(C)n1. The molecule has 0 aliphatic carbocycles. The zero-order chi connectivity index (χ0) is 15.0. The van der Waals surface area contributed by atoms with Crippen LogP contribution in [0.1, 0.15) is 36.2 Å². The summed E-state index contributed by atoms with van der Waals surface area (Å²) in [6, 6.07) is 2.73. The molecule has 5 nitrogen and oxygen atoms in total. The summed E-state index contributed by atoms with van der Waals surface area (Å²) in [5.74, 6) is 0.125. The van der Waals surface area contributed by atoms with Crippen molar-refractivity contribution in [1.29, 1.82) is 5.41 Å². The van der Waals surface area contributed by atoms with Crippen LogP contribution < -0.4 is 10.6 Å². The Bertz CT molecular complexity index is 548. The fraction of sp³-hybridized carbons (Fsp3) is 0.625. The second-order valence-electron chi connectivity index (χ2n) is 6.29.